The topological polar surface area (TPSA) is 64.3 Å². The minimum Gasteiger partial charge on any atom is -0.480 e. The number of para-hydroxylation sites is 1. The van der Waals surface area contributed by atoms with E-state index in [9.17, 15) is 4.79 Å². The van der Waals surface area contributed by atoms with E-state index in [-0.39, 0.29) is 11.8 Å². The van der Waals surface area contributed by atoms with Crippen LogP contribution in [0, 0.1) is 5.92 Å². The number of nitrogens with two attached hydrogens (primary N) is 1. The Kier molecular flexibility index (Phi) is 5.39. The monoisotopic (exact) mass is 248 g/mol. The van der Waals surface area contributed by atoms with Gasteiger partial charge in [-0.25, -0.2) is 5.84 Å². The van der Waals surface area contributed by atoms with Crippen molar-refractivity contribution in [1.29, 1.82) is 0 Å². The third kappa shape index (κ3) is 3.60. The molecule has 1 unspecified atom stereocenters. The molecular formula is C14H20N2O2. The summed E-state index contributed by atoms with van der Waals surface area (Å²) >= 11 is 0. The summed E-state index contributed by atoms with van der Waals surface area (Å²) < 4.78 is 5.77. The van der Waals surface area contributed by atoms with Gasteiger partial charge in [0.1, 0.15) is 5.75 Å². The molecule has 3 N–H and O–H groups in total. The van der Waals surface area contributed by atoms with Crippen molar-refractivity contribution in [2.45, 2.75) is 26.9 Å². The van der Waals surface area contributed by atoms with Gasteiger partial charge in [-0.2, -0.15) is 0 Å². The van der Waals surface area contributed by atoms with E-state index in [1.54, 1.807) is 0 Å². The largest absolute Gasteiger partial charge is 0.480 e. The van der Waals surface area contributed by atoms with Crippen molar-refractivity contribution in [2.75, 3.05) is 0 Å². The maximum Gasteiger partial charge on any atom is 0.275 e. The van der Waals surface area contributed by atoms with Gasteiger partial charge in [-0.1, -0.05) is 44.2 Å². The normalized spacial score (nSPS) is 12.7. The highest BCUT2D eigenvalue weighted by molar-refractivity contribution is 5.81. The molecule has 1 aromatic rings. The number of hydrogen-bond acceptors (Lipinski definition) is 3. The predicted octanol–water partition coefficient (Wildman–Crippen LogP) is 2.11. The summed E-state index contributed by atoms with van der Waals surface area (Å²) in [6.45, 7) is 5.76. The van der Waals surface area contributed by atoms with E-state index in [4.69, 9.17) is 10.6 Å². The Balaban J connectivity index is 2.97. The van der Waals surface area contributed by atoms with Gasteiger partial charge >= 0.3 is 0 Å². The van der Waals surface area contributed by atoms with E-state index in [1.165, 1.54) is 0 Å². The molecular weight excluding hydrogens is 228 g/mol. The Hall–Kier alpha value is -1.81. The van der Waals surface area contributed by atoms with Crippen molar-refractivity contribution >= 4 is 12.0 Å². The molecule has 0 heterocycles. The molecule has 0 radical (unpaired) electrons. The number of amides is 1. The van der Waals surface area contributed by atoms with E-state index in [0.717, 1.165) is 5.56 Å². The average Bonchev–Trinajstić information content (AvgIpc) is 2.36. The molecule has 1 atom stereocenters. The Morgan fingerprint density at radius 1 is 1.39 bits per heavy atom. The van der Waals surface area contributed by atoms with Crippen LogP contribution in [-0.2, 0) is 4.79 Å². The molecule has 18 heavy (non-hydrogen) atoms. The minimum absolute atomic E-state index is 0.0345. The van der Waals surface area contributed by atoms with Gasteiger partial charge < -0.3 is 4.74 Å². The molecule has 0 saturated carbocycles. The van der Waals surface area contributed by atoms with Gasteiger partial charge in [0.25, 0.3) is 5.91 Å². The predicted molar refractivity (Wildman–Crippen MR) is 72.7 cm³/mol. The van der Waals surface area contributed by atoms with Crippen LogP contribution >= 0.6 is 0 Å². The van der Waals surface area contributed by atoms with Gasteiger partial charge in [0.15, 0.2) is 6.10 Å². The summed E-state index contributed by atoms with van der Waals surface area (Å²) in [5, 5.41) is 0. The maximum atomic E-state index is 11.6. The zero-order chi connectivity index (χ0) is 13.5. The summed E-state index contributed by atoms with van der Waals surface area (Å²) in [7, 11) is 0. The number of benzene rings is 1. The molecule has 1 amide bonds. The van der Waals surface area contributed by atoms with Gasteiger partial charge in [-0.05, 0) is 18.9 Å². The third-order valence-corrected chi connectivity index (χ3v) is 2.53. The van der Waals surface area contributed by atoms with Gasteiger partial charge in [-0.15, -0.1) is 0 Å². The van der Waals surface area contributed by atoms with Crippen molar-refractivity contribution < 1.29 is 9.53 Å². The lowest BCUT2D eigenvalue weighted by Crippen LogP contribution is -2.44. The molecule has 1 aromatic carbocycles. The molecule has 0 aliphatic rings. The second kappa shape index (κ2) is 6.81. The first-order chi connectivity index (χ1) is 8.60. The molecule has 4 nitrogen and oxygen atoms in total. The SMILES string of the molecule is CC=Cc1ccccc1OC(C(=O)NN)C(C)C. The van der Waals surface area contributed by atoms with Crippen LogP contribution in [0.15, 0.2) is 30.3 Å². The molecule has 0 aliphatic carbocycles. The first kappa shape index (κ1) is 14.3. The van der Waals surface area contributed by atoms with E-state index in [2.05, 4.69) is 5.43 Å². The number of rotatable bonds is 5. The van der Waals surface area contributed by atoms with Gasteiger partial charge in [0, 0.05) is 5.56 Å². The standard InChI is InChI=1S/C14H20N2O2/c1-4-7-11-8-5-6-9-12(11)18-13(10(2)3)14(17)16-15/h4-10,13H,15H2,1-3H3,(H,16,17). The number of hydrogen-bond donors (Lipinski definition) is 2. The van der Waals surface area contributed by atoms with Crippen LogP contribution in [0.1, 0.15) is 26.3 Å². The summed E-state index contributed by atoms with van der Waals surface area (Å²) in [5.74, 6) is 5.56. The number of ether oxygens (including phenoxy) is 1. The quantitative estimate of drug-likeness (QED) is 0.476. The smallest absolute Gasteiger partial charge is 0.275 e. The molecule has 0 spiro atoms. The highest BCUT2D eigenvalue weighted by atomic mass is 16.5. The fourth-order valence-electron chi connectivity index (χ4n) is 1.62. The fraction of sp³-hybridized carbons (Fsp3) is 0.357. The van der Waals surface area contributed by atoms with E-state index in [1.807, 2.05) is 57.2 Å². The summed E-state index contributed by atoms with van der Waals surface area (Å²) in [6.07, 6.45) is 3.27. The maximum absolute atomic E-state index is 11.6. The minimum atomic E-state index is -0.596. The van der Waals surface area contributed by atoms with E-state index >= 15 is 0 Å². The Morgan fingerprint density at radius 3 is 2.61 bits per heavy atom. The van der Waals surface area contributed by atoms with Crippen molar-refractivity contribution in [3.63, 3.8) is 0 Å². The highest BCUT2D eigenvalue weighted by Gasteiger charge is 2.23. The molecule has 4 heteroatoms. The molecule has 0 saturated heterocycles. The molecule has 1 rings (SSSR count). The second-order valence-electron chi connectivity index (χ2n) is 4.33. The summed E-state index contributed by atoms with van der Waals surface area (Å²) in [4.78, 5) is 11.6. The van der Waals surface area contributed by atoms with Crippen LogP contribution in [0.25, 0.3) is 6.08 Å². The third-order valence-electron chi connectivity index (χ3n) is 2.53. The molecule has 0 aromatic heterocycles. The highest BCUT2D eigenvalue weighted by Crippen LogP contribution is 2.22. The fourth-order valence-corrected chi connectivity index (χ4v) is 1.62. The van der Waals surface area contributed by atoms with E-state index < -0.39 is 6.10 Å². The van der Waals surface area contributed by atoms with Gasteiger partial charge in [-0.3, -0.25) is 10.2 Å². The summed E-state index contributed by atoms with van der Waals surface area (Å²) in [6, 6.07) is 7.58. The van der Waals surface area contributed by atoms with Gasteiger partial charge in [0.2, 0.25) is 0 Å². The van der Waals surface area contributed by atoms with Crippen molar-refractivity contribution in [1.82, 2.24) is 5.43 Å². The van der Waals surface area contributed by atoms with Crippen LogP contribution in [0.2, 0.25) is 0 Å². The van der Waals surface area contributed by atoms with Crippen LogP contribution < -0.4 is 16.0 Å². The Morgan fingerprint density at radius 2 is 2.06 bits per heavy atom. The van der Waals surface area contributed by atoms with Crippen molar-refractivity contribution in [3.05, 3.63) is 35.9 Å². The second-order valence-corrected chi connectivity index (χ2v) is 4.33. The first-order valence-electron chi connectivity index (χ1n) is 5.99. The van der Waals surface area contributed by atoms with Crippen LogP contribution in [0.5, 0.6) is 5.75 Å². The van der Waals surface area contributed by atoms with Crippen molar-refractivity contribution in [3.8, 4) is 5.75 Å². The number of hydrazine groups is 1. The summed E-state index contributed by atoms with van der Waals surface area (Å²) in [5.41, 5.74) is 3.08. The lowest BCUT2D eigenvalue weighted by Gasteiger charge is -2.21. The van der Waals surface area contributed by atoms with Crippen LogP contribution in [0.3, 0.4) is 0 Å². The number of nitrogens with one attached hydrogen (secondary N) is 1. The first-order valence-corrected chi connectivity index (χ1v) is 5.99. The number of allylic oxidation sites excluding steroid dienone is 1. The average molecular weight is 248 g/mol. The number of carbonyl (C=O) groups excluding carboxylic acids is 1. The zero-order valence-corrected chi connectivity index (χ0v) is 11.0. The molecule has 0 fully saturated rings. The molecule has 0 bridgehead atoms. The number of carbonyl (C=O) groups is 1. The van der Waals surface area contributed by atoms with E-state index in [0.29, 0.717) is 5.75 Å². The molecule has 98 valence electrons. The van der Waals surface area contributed by atoms with Gasteiger partial charge in [0.05, 0.1) is 0 Å². The lowest BCUT2D eigenvalue weighted by atomic mass is 10.1. The van der Waals surface area contributed by atoms with Crippen molar-refractivity contribution in [2.24, 2.45) is 11.8 Å². The Bertz CT molecular complexity index is 428. The zero-order valence-electron chi connectivity index (χ0n) is 11.0. The Labute approximate surface area is 108 Å². The lowest BCUT2D eigenvalue weighted by molar-refractivity contribution is -0.129. The van der Waals surface area contributed by atoms with Crippen LogP contribution in [-0.4, -0.2) is 12.0 Å². The van der Waals surface area contributed by atoms with Crippen LogP contribution in [0.4, 0.5) is 0 Å². The molecule has 0 aliphatic heterocycles.